The summed E-state index contributed by atoms with van der Waals surface area (Å²) in [5, 5.41) is 10.0. The number of benzene rings is 1. The molecule has 0 radical (unpaired) electrons. The van der Waals surface area contributed by atoms with Gasteiger partial charge in [0.15, 0.2) is 0 Å². The summed E-state index contributed by atoms with van der Waals surface area (Å²) in [4.78, 5) is 14.1. The molecule has 0 aliphatic carbocycles. The van der Waals surface area contributed by atoms with E-state index in [1.54, 1.807) is 19.2 Å². The van der Waals surface area contributed by atoms with Gasteiger partial charge in [0.25, 0.3) is 5.91 Å². The highest BCUT2D eigenvalue weighted by Crippen LogP contribution is 2.23. The molecule has 118 valence electrons. The monoisotopic (exact) mass is 310 g/mol. The number of amides is 1. The Morgan fingerprint density at radius 1 is 1.22 bits per heavy atom. The van der Waals surface area contributed by atoms with E-state index in [0.29, 0.717) is 12.3 Å². The van der Waals surface area contributed by atoms with E-state index in [-0.39, 0.29) is 17.2 Å². The fraction of sp³-hybridized carbons (Fsp3) is 0.167. The molecule has 3 rings (SSSR count). The number of nitrogens with zero attached hydrogens (tertiary/aromatic N) is 2. The summed E-state index contributed by atoms with van der Waals surface area (Å²) < 4.78 is 7.37. The molecule has 0 aliphatic heterocycles. The first-order valence-electron chi connectivity index (χ1n) is 7.32. The Morgan fingerprint density at radius 2 is 1.96 bits per heavy atom. The van der Waals surface area contributed by atoms with E-state index >= 15 is 0 Å². The van der Waals surface area contributed by atoms with E-state index in [9.17, 15) is 9.90 Å². The lowest BCUT2D eigenvalue weighted by molar-refractivity contribution is 0.0772. The number of carbonyl (C=O) groups is 1. The van der Waals surface area contributed by atoms with Crippen molar-refractivity contribution in [3.63, 3.8) is 0 Å². The fourth-order valence-corrected chi connectivity index (χ4v) is 2.44. The summed E-state index contributed by atoms with van der Waals surface area (Å²) in [6.07, 6.45) is 3.77. The third-order valence-corrected chi connectivity index (χ3v) is 3.65. The summed E-state index contributed by atoms with van der Waals surface area (Å²) in [6, 6.07) is 12.5. The third kappa shape index (κ3) is 3.13. The van der Waals surface area contributed by atoms with Crippen molar-refractivity contribution in [2.24, 2.45) is 0 Å². The largest absolute Gasteiger partial charge is 0.507 e. The number of aromatic hydroxyl groups is 1. The standard InChI is InChI=1S/C18H18N2O3/c1-13-5-7-15(23-13)12-19(2)18(22)16-11-14(6-8-17(16)21)20-9-3-4-10-20/h3-11,21H,12H2,1-2H3. The number of phenols is 1. The van der Waals surface area contributed by atoms with Crippen LogP contribution in [0.15, 0.2) is 59.3 Å². The van der Waals surface area contributed by atoms with E-state index in [2.05, 4.69) is 0 Å². The molecule has 0 saturated carbocycles. The van der Waals surface area contributed by atoms with Gasteiger partial charge in [-0.05, 0) is 49.4 Å². The molecule has 0 bridgehead atoms. The fourth-order valence-electron chi connectivity index (χ4n) is 2.44. The number of hydrogen-bond acceptors (Lipinski definition) is 3. The van der Waals surface area contributed by atoms with Crippen LogP contribution in [0.25, 0.3) is 5.69 Å². The van der Waals surface area contributed by atoms with Gasteiger partial charge >= 0.3 is 0 Å². The second-order valence-corrected chi connectivity index (χ2v) is 5.47. The van der Waals surface area contributed by atoms with Crippen LogP contribution >= 0.6 is 0 Å². The van der Waals surface area contributed by atoms with Crippen molar-refractivity contribution in [2.75, 3.05) is 7.05 Å². The van der Waals surface area contributed by atoms with Crippen LogP contribution in [-0.4, -0.2) is 27.5 Å². The molecular formula is C18H18N2O3. The zero-order valence-electron chi connectivity index (χ0n) is 13.1. The van der Waals surface area contributed by atoms with E-state index in [1.807, 2.05) is 48.1 Å². The van der Waals surface area contributed by atoms with E-state index in [1.165, 1.54) is 11.0 Å². The molecular weight excluding hydrogens is 292 g/mol. The molecule has 1 aromatic carbocycles. The van der Waals surface area contributed by atoms with Crippen molar-refractivity contribution in [1.29, 1.82) is 0 Å². The Hall–Kier alpha value is -2.95. The molecule has 1 N–H and O–H groups in total. The minimum atomic E-state index is -0.259. The minimum absolute atomic E-state index is 0.0339. The first kappa shape index (κ1) is 15.0. The van der Waals surface area contributed by atoms with Crippen molar-refractivity contribution >= 4 is 5.91 Å². The highest BCUT2D eigenvalue weighted by Gasteiger charge is 2.18. The Morgan fingerprint density at radius 3 is 2.61 bits per heavy atom. The Bertz CT molecular complexity index is 819. The lowest BCUT2D eigenvalue weighted by atomic mass is 10.1. The van der Waals surface area contributed by atoms with Crippen LogP contribution in [0.1, 0.15) is 21.9 Å². The van der Waals surface area contributed by atoms with Crippen LogP contribution in [0.4, 0.5) is 0 Å². The van der Waals surface area contributed by atoms with Crippen LogP contribution < -0.4 is 0 Å². The van der Waals surface area contributed by atoms with Gasteiger partial charge in [-0.15, -0.1) is 0 Å². The summed E-state index contributed by atoms with van der Waals surface area (Å²) >= 11 is 0. The van der Waals surface area contributed by atoms with Crippen molar-refractivity contribution in [1.82, 2.24) is 9.47 Å². The van der Waals surface area contributed by atoms with Crippen LogP contribution in [0, 0.1) is 6.92 Å². The van der Waals surface area contributed by atoms with Gasteiger partial charge in [-0.3, -0.25) is 4.79 Å². The number of carbonyl (C=O) groups excluding carboxylic acids is 1. The molecule has 0 aliphatic rings. The van der Waals surface area contributed by atoms with Gasteiger partial charge in [-0.25, -0.2) is 0 Å². The Kier molecular flexibility index (Phi) is 3.93. The molecule has 5 heteroatoms. The molecule has 1 amide bonds. The van der Waals surface area contributed by atoms with E-state index in [4.69, 9.17) is 4.42 Å². The predicted octanol–water partition coefficient (Wildman–Crippen LogP) is 3.36. The van der Waals surface area contributed by atoms with Gasteiger partial charge in [-0.1, -0.05) is 0 Å². The average molecular weight is 310 g/mol. The number of aryl methyl sites for hydroxylation is 1. The second kappa shape index (κ2) is 6.04. The molecule has 0 unspecified atom stereocenters. The molecule has 2 aromatic heterocycles. The predicted molar refractivity (Wildman–Crippen MR) is 86.7 cm³/mol. The average Bonchev–Trinajstić information content (AvgIpc) is 3.19. The quantitative estimate of drug-likeness (QED) is 0.804. The van der Waals surface area contributed by atoms with Gasteiger partial charge in [0.2, 0.25) is 0 Å². The number of hydrogen-bond donors (Lipinski definition) is 1. The number of aromatic nitrogens is 1. The first-order valence-corrected chi connectivity index (χ1v) is 7.32. The van der Waals surface area contributed by atoms with Crippen molar-refractivity contribution < 1.29 is 14.3 Å². The van der Waals surface area contributed by atoms with Crippen molar-refractivity contribution in [2.45, 2.75) is 13.5 Å². The summed E-state index contributed by atoms with van der Waals surface area (Å²) in [6.45, 7) is 2.21. The maximum atomic E-state index is 12.6. The van der Waals surface area contributed by atoms with E-state index in [0.717, 1.165) is 11.4 Å². The smallest absolute Gasteiger partial charge is 0.257 e. The van der Waals surface area contributed by atoms with Crippen LogP contribution in [0.2, 0.25) is 0 Å². The van der Waals surface area contributed by atoms with Gasteiger partial charge in [-0.2, -0.15) is 0 Å². The van der Waals surface area contributed by atoms with Crippen LogP contribution in [-0.2, 0) is 6.54 Å². The number of rotatable bonds is 4. The van der Waals surface area contributed by atoms with Gasteiger partial charge in [0.05, 0.1) is 12.1 Å². The lowest BCUT2D eigenvalue weighted by Crippen LogP contribution is -2.26. The molecule has 23 heavy (non-hydrogen) atoms. The van der Waals surface area contributed by atoms with Crippen molar-refractivity contribution in [3.8, 4) is 11.4 Å². The van der Waals surface area contributed by atoms with Crippen LogP contribution in [0.5, 0.6) is 5.75 Å². The summed E-state index contributed by atoms with van der Waals surface area (Å²) in [5.41, 5.74) is 1.08. The van der Waals surface area contributed by atoms with E-state index < -0.39 is 0 Å². The zero-order valence-corrected chi connectivity index (χ0v) is 13.1. The van der Waals surface area contributed by atoms with Crippen molar-refractivity contribution in [3.05, 3.63) is 71.9 Å². The highest BCUT2D eigenvalue weighted by atomic mass is 16.3. The van der Waals surface area contributed by atoms with Crippen LogP contribution in [0.3, 0.4) is 0 Å². The minimum Gasteiger partial charge on any atom is -0.507 e. The summed E-state index contributed by atoms with van der Waals surface area (Å²) in [7, 11) is 1.68. The number of furan rings is 1. The summed E-state index contributed by atoms with van der Waals surface area (Å²) in [5.74, 6) is 1.22. The second-order valence-electron chi connectivity index (χ2n) is 5.47. The number of phenolic OH excluding ortho intramolecular Hbond substituents is 1. The first-order chi connectivity index (χ1) is 11.0. The Balaban J connectivity index is 1.85. The molecule has 0 saturated heterocycles. The highest BCUT2D eigenvalue weighted by molar-refractivity contribution is 5.97. The maximum Gasteiger partial charge on any atom is 0.257 e. The molecule has 0 fully saturated rings. The Labute approximate surface area is 134 Å². The molecule has 3 aromatic rings. The molecule has 0 spiro atoms. The van der Waals surface area contributed by atoms with Gasteiger partial charge < -0.3 is 19.0 Å². The topological polar surface area (TPSA) is 58.6 Å². The third-order valence-electron chi connectivity index (χ3n) is 3.65. The normalized spacial score (nSPS) is 10.7. The van der Waals surface area contributed by atoms with Gasteiger partial charge in [0.1, 0.15) is 17.3 Å². The molecule has 5 nitrogen and oxygen atoms in total. The lowest BCUT2D eigenvalue weighted by Gasteiger charge is -2.17. The maximum absolute atomic E-state index is 12.6. The zero-order chi connectivity index (χ0) is 16.4. The molecule has 2 heterocycles. The van der Waals surface area contributed by atoms with Gasteiger partial charge in [0, 0.05) is 25.1 Å². The molecule has 0 atom stereocenters. The SMILES string of the molecule is Cc1ccc(CN(C)C(=O)c2cc(-n3cccc3)ccc2O)o1.